The fraction of sp³-hybridized carbons (Fsp3) is 0.800. The molecule has 9 heteroatoms. The average molecular weight is 426 g/mol. The molecule has 1 aromatic heterocycles. The van der Waals surface area contributed by atoms with E-state index in [4.69, 9.17) is 4.74 Å². The van der Waals surface area contributed by atoms with E-state index in [1.54, 1.807) is 20.0 Å². The molecule has 0 aromatic carbocycles. The SMILES string of the molecule is CC(C)S(=O)(=O)N[C@H]1CC[C@H](CNc2cnc(N3C[C@@H](C)O[C@@H](C)C3)cn2)CC1. The van der Waals surface area contributed by atoms with Crippen LogP contribution in [-0.2, 0) is 14.8 Å². The van der Waals surface area contributed by atoms with Crippen molar-refractivity contribution in [2.75, 3.05) is 29.9 Å². The number of morpholine rings is 1. The Morgan fingerprint density at radius 1 is 1.10 bits per heavy atom. The molecule has 2 fully saturated rings. The zero-order valence-electron chi connectivity index (χ0n) is 18.0. The molecule has 2 heterocycles. The molecule has 2 aliphatic rings. The molecule has 0 amide bonds. The highest BCUT2D eigenvalue weighted by atomic mass is 32.2. The maximum Gasteiger partial charge on any atom is 0.214 e. The number of hydrogen-bond acceptors (Lipinski definition) is 7. The Kier molecular flexibility index (Phi) is 7.34. The molecule has 0 unspecified atom stereocenters. The van der Waals surface area contributed by atoms with Crippen LogP contribution in [0, 0.1) is 5.92 Å². The van der Waals surface area contributed by atoms with Crippen LogP contribution in [0.4, 0.5) is 11.6 Å². The van der Waals surface area contributed by atoms with E-state index in [1.807, 2.05) is 6.20 Å². The van der Waals surface area contributed by atoms with Gasteiger partial charge in [0.15, 0.2) is 0 Å². The van der Waals surface area contributed by atoms with Crippen LogP contribution in [0.2, 0.25) is 0 Å². The predicted octanol–water partition coefficient (Wildman–Crippen LogP) is 2.39. The summed E-state index contributed by atoms with van der Waals surface area (Å²) in [5, 5.41) is 3.01. The Morgan fingerprint density at radius 2 is 1.76 bits per heavy atom. The topological polar surface area (TPSA) is 96.5 Å². The van der Waals surface area contributed by atoms with E-state index in [-0.39, 0.29) is 23.5 Å². The van der Waals surface area contributed by atoms with E-state index in [0.29, 0.717) is 5.92 Å². The van der Waals surface area contributed by atoms with E-state index >= 15 is 0 Å². The molecule has 1 saturated heterocycles. The van der Waals surface area contributed by atoms with Crippen molar-refractivity contribution in [1.29, 1.82) is 0 Å². The number of hydrogen-bond donors (Lipinski definition) is 2. The lowest BCUT2D eigenvalue weighted by Gasteiger charge is -2.35. The molecule has 2 atom stereocenters. The molecule has 0 bridgehead atoms. The maximum atomic E-state index is 12.0. The van der Waals surface area contributed by atoms with Crippen molar-refractivity contribution in [3.8, 4) is 0 Å². The summed E-state index contributed by atoms with van der Waals surface area (Å²) in [5.41, 5.74) is 0. The van der Waals surface area contributed by atoms with E-state index in [0.717, 1.165) is 57.0 Å². The summed E-state index contributed by atoms with van der Waals surface area (Å²) >= 11 is 0. The van der Waals surface area contributed by atoms with Crippen molar-refractivity contribution < 1.29 is 13.2 Å². The zero-order valence-corrected chi connectivity index (χ0v) is 18.8. The van der Waals surface area contributed by atoms with Gasteiger partial charge in [0, 0.05) is 25.7 Å². The summed E-state index contributed by atoms with van der Waals surface area (Å²) < 4.78 is 32.7. The summed E-state index contributed by atoms with van der Waals surface area (Å²) in [5.74, 6) is 2.19. The van der Waals surface area contributed by atoms with Crippen molar-refractivity contribution >= 4 is 21.7 Å². The Morgan fingerprint density at radius 3 is 2.31 bits per heavy atom. The standard InChI is InChI=1S/C20H35N5O3S/c1-14(2)29(26,27)24-18-7-5-17(6-8-18)9-21-19-10-23-20(11-22-19)25-12-15(3)28-16(4)13-25/h10-11,14-18,24H,5-9,12-13H2,1-4H3,(H,21,22)/t15-,16+,17-,18-. The third-order valence-electron chi connectivity index (χ3n) is 5.75. The van der Waals surface area contributed by atoms with Crippen LogP contribution in [0.15, 0.2) is 12.4 Å². The van der Waals surface area contributed by atoms with Gasteiger partial charge in [-0.05, 0) is 59.3 Å². The molecular formula is C20H35N5O3S. The summed E-state index contributed by atoms with van der Waals surface area (Å²) in [7, 11) is -3.19. The van der Waals surface area contributed by atoms with Gasteiger partial charge in [0.05, 0.1) is 29.9 Å². The molecule has 0 radical (unpaired) electrons. The third kappa shape index (κ3) is 6.26. The lowest BCUT2D eigenvalue weighted by molar-refractivity contribution is -0.00547. The van der Waals surface area contributed by atoms with Crippen molar-refractivity contribution in [1.82, 2.24) is 14.7 Å². The van der Waals surface area contributed by atoms with Gasteiger partial charge in [0.1, 0.15) is 11.6 Å². The molecule has 1 saturated carbocycles. The first-order valence-corrected chi connectivity index (χ1v) is 12.2. The highest BCUT2D eigenvalue weighted by Crippen LogP contribution is 2.25. The minimum atomic E-state index is -3.19. The van der Waals surface area contributed by atoms with E-state index in [2.05, 4.69) is 38.8 Å². The number of aromatic nitrogens is 2. The van der Waals surface area contributed by atoms with Crippen LogP contribution >= 0.6 is 0 Å². The first-order chi connectivity index (χ1) is 13.7. The average Bonchev–Trinajstić information content (AvgIpc) is 2.67. The number of nitrogens with one attached hydrogen (secondary N) is 2. The molecule has 0 spiro atoms. The smallest absolute Gasteiger partial charge is 0.214 e. The summed E-state index contributed by atoms with van der Waals surface area (Å²) in [6.45, 7) is 10.1. The van der Waals surface area contributed by atoms with Gasteiger partial charge in [-0.25, -0.2) is 23.1 Å². The van der Waals surface area contributed by atoms with E-state index in [1.165, 1.54) is 0 Å². The number of sulfonamides is 1. The van der Waals surface area contributed by atoms with Gasteiger partial charge < -0.3 is 15.0 Å². The monoisotopic (exact) mass is 425 g/mol. The normalized spacial score (nSPS) is 28.5. The molecule has 29 heavy (non-hydrogen) atoms. The number of rotatable bonds is 7. The van der Waals surface area contributed by atoms with Gasteiger partial charge in [-0.1, -0.05) is 0 Å². The summed E-state index contributed by atoms with van der Waals surface area (Å²) in [4.78, 5) is 11.3. The first kappa shape index (κ1) is 22.2. The van der Waals surface area contributed by atoms with Crippen LogP contribution in [0.1, 0.15) is 53.4 Å². The Hall–Kier alpha value is -1.45. The van der Waals surface area contributed by atoms with Crippen LogP contribution in [0.3, 0.4) is 0 Å². The zero-order chi connectivity index (χ0) is 21.0. The fourth-order valence-corrected chi connectivity index (χ4v) is 5.01. The Balaban J connectivity index is 1.43. The molecule has 164 valence electrons. The fourth-order valence-electron chi connectivity index (χ4n) is 4.04. The first-order valence-electron chi connectivity index (χ1n) is 10.7. The van der Waals surface area contributed by atoms with Gasteiger partial charge in [0.2, 0.25) is 10.0 Å². The van der Waals surface area contributed by atoms with Crippen LogP contribution in [0.5, 0.6) is 0 Å². The van der Waals surface area contributed by atoms with Gasteiger partial charge in [0.25, 0.3) is 0 Å². The van der Waals surface area contributed by atoms with Crippen LogP contribution in [0.25, 0.3) is 0 Å². The van der Waals surface area contributed by atoms with Gasteiger partial charge in [-0.15, -0.1) is 0 Å². The number of nitrogens with zero attached hydrogens (tertiary/aromatic N) is 3. The molecule has 8 nitrogen and oxygen atoms in total. The number of ether oxygens (including phenoxy) is 1. The molecular weight excluding hydrogens is 390 g/mol. The highest BCUT2D eigenvalue weighted by molar-refractivity contribution is 7.90. The van der Waals surface area contributed by atoms with Gasteiger partial charge >= 0.3 is 0 Å². The van der Waals surface area contributed by atoms with Crippen molar-refractivity contribution in [2.24, 2.45) is 5.92 Å². The third-order valence-corrected chi connectivity index (χ3v) is 7.66. The molecule has 1 aliphatic carbocycles. The van der Waals surface area contributed by atoms with Crippen LogP contribution in [-0.4, -0.2) is 61.5 Å². The molecule has 3 rings (SSSR count). The Bertz CT molecular complexity index is 738. The molecule has 1 aliphatic heterocycles. The second-order valence-electron chi connectivity index (χ2n) is 8.73. The lowest BCUT2D eigenvalue weighted by Crippen LogP contribution is -2.45. The van der Waals surface area contributed by atoms with Crippen molar-refractivity contribution in [3.05, 3.63) is 12.4 Å². The second-order valence-corrected chi connectivity index (χ2v) is 11.0. The predicted molar refractivity (Wildman–Crippen MR) is 116 cm³/mol. The van der Waals surface area contributed by atoms with Crippen LogP contribution < -0.4 is 14.9 Å². The van der Waals surface area contributed by atoms with Gasteiger partial charge in [-0.3, -0.25) is 0 Å². The Labute approximate surface area is 174 Å². The van der Waals surface area contributed by atoms with Crippen molar-refractivity contribution in [3.63, 3.8) is 0 Å². The molecule has 1 aromatic rings. The summed E-state index contributed by atoms with van der Waals surface area (Å²) in [6, 6.07) is 0.0658. The quantitative estimate of drug-likeness (QED) is 0.692. The molecule has 2 N–H and O–H groups in total. The second kappa shape index (κ2) is 9.57. The number of anilines is 2. The maximum absolute atomic E-state index is 12.0. The van der Waals surface area contributed by atoms with Crippen molar-refractivity contribution in [2.45, 2.75) is 76.9 Å². The van der Waals surface area contributed by atoms with E-state index in [9.17, 15) is 8.42 Å². The minimum absolute atomic E-state index is 0.0658. The summed E-state index contributed by atoms with van der Waals surface area (Å²) in [6.07, 6.45) is 7.79. The largest absolute Gasteiger partial charge is 0.372 e. The van der Waals surface area contributed by atoms with E-state index < -0.39 is 10.0 Å². The van der Waals surface area contributed by atoms with Gasteiger partial charge in [-0.2, -0.15) is 0 Å². The lowest BCUT2D eigenvalue weighted by atomic mass is 9.86. The minimum Gasteiger partial charge on any atom is -0.372 e. The highest BCUT2D eigenvalue weighted by Gasteiger charge is 2.26.